The molecule has 1 aliphatic heterocycles. The standard InChI is InChI=1S/C32H27N5O2S2/c1-21-20-28(22(2)35(21)23-8-4-3-5-9-23)31-30(29-10-6-7-19-33-29)34-32(40)36(31)24-11-15-26(16-12-24)41-27-17-13-25(14-18-27)37(38)39/h3-20,30-31H,1-2H3,(H,34,40)/t30-,31+/m0/s1. The van der Waals surface area contributed by atoms with Crippen LogP contribution < -0.4 is 10.2 Å². The lowest BCUT2D eigenvalue weighted by Crippen LogP contribution is -2.29. The number of hydrogen-bond acceptors (Lipinski definition) is 5. The molecule has 9 heteroatoms. The van der Waals surface area contributed by atoms with Crippen molar-refractivity contribution in [2.45, 2.75) is 35.7 Å². The minimum absolute atomic E-state index is 0.0832. The van der Waals surface area contributed by atoms with E-state index < -0.39 is 0 Å². The van der Waals surface area contributed by atoms with Gasteiger partial charge in [-0.15, -0.1) is 0 Å². The minimum Gasteiger partial charge on any atom is -0.351 e. The highest BCUT2D eigenvalue weighted by atomic mass is 32.2. The SMILES string of the molecule is Cc1cc([C@@H]2[C@H](c3ccccn3)NC(=S)N2c2ccc(Sc3ccc([N+](=O)[O-])cc3)cc2)c(C)n1-c1ccccc1. The lowest BCUT2D eigenvalue weighted by Gasteiger charge is -2.28. The van der Waals surface area contributed by atoms with Gasteiger partial charge in [0.15, 0.2) is 5.11 Å². The summed E-state index contributed by atoms with van der Waals surface area (Å²) < 4.78 is 2.29. The number of thiocarbonyl (C=S) groups is 1. The van der Waals surface area contributed by atoms with E-state index in [0.29, 0.717) is 5.11 Å². The van der Waals surface area contributed by atoms with E-state index in [2.05, 4.69) is 83.2 Å². The Balaban J connectivity index is 1.37. The summed E-state index contributed by atoms with van der Waals surface area (Å²) in [7, 11) is 0. The van der Waals surface area contributed by atoms with Crippen molar-refractivity contribution in [2.24, 2.45) is 0 Å². The van der Waals surface area contributed by atoms with Gasteiger partial charge >= 0.3 is 0 Å². The Hall–Kier alpha value is -4.47. The van der Waals surface area contributed by atoms with Crippen molar-refractivity contribution >= 4 is 40.5 Å². The van der Waals surface area contributed by atoms with Gasteiger partial charge in [0.1, 0.15) is 0 Å². The van der Waals surface area contributed by atoms with Crippen molar-refractivity contribution in [1.29, 1.82) is 0 Å². The Bertz CT molecular complexity index is 1710. The van der Waals surface area contributed by atoms with Crippen LogP contribution in [0.4, 0.5) is 11.4 Å². The fourth-order valence-corrected chi connectivity index (χ4v) is 6.62. The number of rotatable bonds is 7. The molecule has 0 amide bonds. The summed E-state index contributed by atoms with van der Waals surface area (Å²) in [6.07, 6.45) is 1.82. The molecule has 1 aliphatic rings. The maximum atomic E-state index is 11.0. The summed E-state index contributed by atoms with van der Waals surface area (Å²) in [5, 5.41) is 15.2. The van der Waals surface area contributed by atoms with Crippen molar-refractivity contribution in [2.75, 3.05) is 4.90 Å². The molecule has 5 aromatic rings. The molecule has 0 unspecified atom stereocenters. The van der Waals surface area contributed by atoms with Crippen LogP contribution in [0.15, 0.2) is 119 Å². The van der Waals surface area contributed by atoms with Crippen LogP contribution in [0, 0.1) is 24.0 Å². The van der Waals surface area contributed by atoms with E-state index >= 15 is 0 Å². The van der Waals surface area contributed by atoms with Gasteiger partial charge in [0.2, 0.25) is 0 Å². The van der Waals surface area contributed by atoms with Crippen LogP contribution in [0.3, 0.4) is 0 Å². The Morgan fingerprint density at radius 1 is 0.878 bits per heavy atom. The first-order chi connectivity index (χ1) is 19.9. The zero-order chi connectivity index (χ0) is 28.5. The molecule has 0 spiro atoms. The topological polar surface area (TPSA) is 76.2 Å². The Morgan fingerprint density at radius 3 is 2.17 bits per heavy atom. The highest BCUT2D eigenvalue weighted by molar-refractivity contribution is 7.99. The molecule has 3 heterocycles. The third kappa shape index (κ3) is 5.21. The number of pyridine rings is 1. The van der Waals surface area contributed by atoms with Crippen LogP contribution in [0.1, 0.15) is 34.7 Å². The zero-order valence-electron chi connectivity index (χ0n) is 22.5. The van der Waals surface area contributed by atoms with E-state index in [4.69, 9.17) is 17.2 Å². The number of non-ortho nitro benzene ring substituents is 1. The second-order valence-corrected chi connectivity index (χ2v) is 11.4. The zero-order valence-corrected chi connectivity index (χ0v) is 24.1. The first-order valence-corrected chi connectivity index (χ1v) is 14.4. The summed E-state index contributed by atoms with van der Waals surface area (Å²) in [5.41, 5.74) is 6.59. The fourth-order valence-electron chi connectivity index (χ4n) is 5.46. The summed E-state index contributed by atoms with van der Waals surface area (Å²) in [5.74, 6) is 0. The van der Waals surface area contributed by atoms with Gasteiger partial charge in [0.25, 0.3) is 5.69 Å². The van der Waals surface area contributed by atoms with E-state index in [9.17, 15) is 10.1 Å². The molecule has 204 valence electrons. The third-order valence-corrected chi connectivity index (χ3v) is 8.63. The van der Waals surface area contributed by atoms with Gasteiger partial charge < -0.3 is 14.8 Å². The number of nitro groups is 1. The monoisotopic (exact) mass is 577 g/mol. The number of benzene rings is 3. The number of nitrogens with zero attached hydrogens (tertiary/aromatic N) is 4. The van der Waals surface area contributed by atoms with E-state index in [1.807, 2.05) is 30.5 Å². The molecule has 0 saturated carbocycles. The van der Waals surface area contributed by atoms with Gasteiger partial charge in [0, 0.05) is 50.9 Å². The van der Waals surface area contributed by atoms with E-state index in [-0.39, 0.29) is 22.7 Å². The fraction of sp³-hybridized carbons (Fsp3) is 0.125. The average Bonchev–Trinajstić information content (AvgIpc) is 3.49. The molecule has 2 aromatic heterocycles. The highest BCUT2D eigenvalue weighted by Crippen LogP contribution is 2.44. The van der Waals surface area contributed by atoms with Gasteiger partial charge in [-0.1, -0.05) is 36.0 Å². The number of aryl methyl sites for hydroxylation is 1. The molecule has 0 radical (unpaired) electrons. The van der Waals surface area contributed by atoms with Crippen molar-refractivity contribution in [3.63, 3.8) is 0 Å². The molecular weight excluding hydrogens is 551 g/mol. The van der Waals surface area contributed by atoms with Crippen LogP contribution in [0.2, 0.25) is 0 Å². The molecule has 3 aromatic carbocycles. The molecule has 1 fully saturated rings. The second-order valence-electron chi connectivity index (χ2n) is 9.84. The summed E-state index contributed by atoms with van der Waals surface area (Å²) in [4.78, 5) is 19.4. The van der Waals surface area contributed by atoms with Gasteiger partial charge in [-0.05, 0) is 98.4 Å². The van der Waals surface area contributed by atoms with Crippen molar-refractivity contribution in [3.05, 3.63) is 142 Å². The average molecular weight is 578 g/mol. The van der Waals surface area contributed by atoms with Crippen molar-refractivity contribution < 1.29 is 4.92 Å². The van der Waals surface area contributed by atoms with Crippen LogP contribution in [0.5, 0.6) is 0 Å². The lowest BCUT2D eigenvalue weighted by atomic mass is 9.96. The molecular formula is C32H27N5O2S2. The maximum absolute atomic E-state index is 11.0. The van der Waals surface area contributed by atoms with Crippen LogP contribution in [-0.4, -0.2) is 19.6 Å². The molecule has 1 saturated heterocycles. The van der Waals surface area contributed by atoms with Gasteiger partial charge in [-0.25, -0.2) is 0 Å². The predicted octanol–water partition coefficient (Wildman–Crippen LogP) is 7.73. The number of nitro benzene ring substituents is 1. The van der Waals surface area contributed by atoms with Gasteiger partial charge in [0.05, 0.1) is 22.7 Å². The smallest absolute Gasteiger partial charge is 0.269 e. The molecule has 6 rings (SSSR count). The minimum atomic E-state index is -0.387. The maximum Gasteiger partial charge on any atom is 0.269 e. The largest absolute Gasteiger partial charge is 0.351 e. The molecule has 2 atom stereocenters. The first kappa shape index (κ1) is 26.7. The van der Waals surface area contributed by atoms with E-state index in [1.165, 1.54) is 17.7 Å². The Labute approximate surface area is 248 Å². The summed E-state index contributed by atoms with van der Waals surface area (Å²) in [6.45, 7) is 4.29. The number of aromatic nitrogens is 2. The Kier molecular flexibility index (Phi) is 7.30. The molecule has 1 N–H and O–H groups in total. The highest BCUT2D eigenvalue weighted by Gasteiger charge is 2.42. The number of hydrogen-bond donors (Lipinski definition) is 1. The van der Waals surface area contributed by atoms with Crippen molar-refractivity contribution in [3.8, 4) is 5.69 Å². The summed E-state index contributed by atoms with van der Waals surface area (Å²) in [6, 6.07) is 33.2. The molecule has 41 heavy (non-hydrogen) atoms. The van der Waals surface area contributed by atoms with Crippen molar-refractivity contribution in [1.82, 2.24) is 14.9 Å². The van der Waals surface area contributed by atoms with E-state index in [1.54, 1.807) is 23.9 Å². The predicted molar refractivity (Wildman–Crippen MR) is 167 cm³/mol. The van der Waals surface area contributed by atoms with Gasteiger partial charge in [-0.3, -0.25) is 15.1 Å². The quantitative estimate of drug-likeness (QED) is 0.121. The lowest BCUT2D eigenvalue weighted by molar-refractivity contribution is -0.384. The van der Waals surface area contributed by atoms with Gasteiger partial charge in [-0.2, -0.15) is 0 Å². The van der Waals surface area contributed by atoms with E-state index in [0.717, 1.165) is 38.2 Å². The Morgan fingerprint density at radius 2 is 1.54 bits per heavy atom. The number of anilines is 1. The summed E-state index contributed by atoms with van der Waals surface area (Å²) >= 11 is 7.50. The first-order valence-electron chi connectivity index (χ1n) is 13.2. The molecule has 7 nitrogen and oxygen atoms in total. The number of para-hydroxylation sites is 1. The normalized spacial score (nSPS) is 16.5. The van der Waals surface area contributed by atoms with Crippen LogP contribution >= 0.6 is 24.0 Å². The second kappa shape index (κ2) is 11.2. The molecule has 0 bridgehead atoms. The molecule has 0 aliphatic carbocycles. The third-order valence-electron chi connectivity index (χ3n) is 7.30. The van der Waals surface area contributed by atoms with Crippen LogP contribution in [-0.2, 0) is 0 Å². The van der Waals surface area contributed by atoms with Crippen LogP contribution in [0.25, 0.3) is 5.69 Å². The number of nitrogens with one attached hydrogen (secondary N) is 1.